The van der Waals surface area contributed by atoms with Gasteiger partial charge in [0.1, 0.15) is 0 Å². The van der Waals surface area contributed by atoms with Crippen molar-refractivity contribution in [2.75, 3.05) is 43.0 Å². The van der Waals surface area contributed by atoms with Crippen LogP contribution in [0.15, 0.2) is 90.2 Å². The number of aromatic nitrogens is 3. The van der Waals surface area contributed by atoms with E-state index in [9.17, 15) is 18.0 Å². The van der Waals surface area contributed by atoms with Crippen LogP contribution < -0.4 is 15.6 Å². The lowest BCUT2D eigenvalue weighted by Crippen LogP contribution is -2.48. The third-order valence-electron chi connectivity index (χ3n) is 6.42. The number of pyridine rings is 1. The number of nitrogens with one attached hydrogen (secondary N) is 1. The second-order valence-corrected chi connectivity index (χ2v) is 10.7. The Morgan fingerprint density at radius 2 is 1.57 bits per heavy atom. The van der Waals surface area contributed by atoms with Crippen molar-refractivity contribution in [1.82, 2.24) is 24.8 Å². The van der Waals surface area contributed by atoms with E-state index < -0.39 is 10.0 Å². The number of anilines is 3. The molecule has 0 spiro atoms. The van der Waals surface area contributed by atoms with E-state index >= 15 is 0 Å². The molecule has 0 atom stereocenters. The van der Waals surface area contributed by atoms with Crippen LogP contribution in [-0.2, 0) is 14.8 Å². The van der Waals surface area contributed by atoms with Crippen molar-refractivity contribution in [2.24, 2.45) is 5.84 Å². The number of carbonyl (C=O) groups is 2. The summed E-state index contributed by atoms with van der Waals surface area (Å²) in [5, 5.41) is 10.1. The lowest BCUT2D eigenvalue weighted by Gasteiger charge is -2.32. The summed E-state index contributed by atoms with van der Waals surface area (Å²) in [6, 6.07) is 18.0. The van der Waals surface area contributed by atoms with Crippen molar-refractivity contribution in [1.29, 1.82) is 0 Å². The lowest BCUT2D eigenvalue weighted by molar-refractivity contribution is -0.119. The number of aliphatic hydroxyl groups excluding tert-OH is 1. The highest BCUT2D eigenvalue weighted by molar-refractivity contribution is 7.92. The molecule has 14 heteroatoms. The Morgan fingerprint density at radius 3 is 2.19 bits per heavy atom. The van der Waals surface area contributed by atoms with Gasteiger partial charge in [-0.2, -0.15) is 8.42 Å². The van der Waals surface area contributed by atoms with Crippen molar-refractivity contribution in [3.8, 4) is 11.3 Å². The summed E-state index contributed by atoms with van der Waals surface area (Å²) in [6.45, 7) is 2.05. The van der Waals surface area contributed by atoms with Gasteiger partial charge in [0.25, 0.3) is 15.9 Å². The normalized spacial score (nSPS) is 13.0. The molecule has 2 aromatic carbocycles. The first-order valence-electron chi connectivity index (χ1n) is 12.8. The Kier molecular flexibility index (Phi) is 9.75. The smallest absolute Gasteiger partial charge is 0.277 e. The number of carbonyl (C=O) groups excluding carboxylic acids is 2. The maximum atomic E-state index is 12.9. The molecule has 4 N–H and O–H groups in total. The first-order valence-corrected chi connectivity index (χ1v) is 14.2. The predicted octanol–water partition coefficient (Wildman–Crippen LogP) is 1.87. The fourth-order valence-electron chi connectivity index (χ4n) is 4.16. The van der Waals surface area contributed by atoms with Gasteiger partial charge in [-0.1, -0.05) is 12.1 Å². The van der Waals surface area contributed by atoms with Crippen molar-refractivity contribution in [3.05, 3.63) is 90.9 Å². The molecule has 1 fully saturated rings. The van der Waals surface area contributed by atoms with Crippen molar-refractivity contribution in [3.63, 3.8) is 0 Å². The second-order valence-electron chi connectivity index (χ2n) is 8.93. The monoisotopic (exact) mass is 590 g/mol. The minimum atomic E-state index is -3.97. The fourth-order valence-corrected chi connectivity index (χ4v) is 5.27. The molecule has 0 aliphatic carbocycles. The molecule has 3 heterocycles. The summed E-state index contributed by atoms with van der Waals surface area (Å²) in [4.78, 5) is 39.8. The van der Waals surface area contributed by atoms with Gasteiger partial charge >= 0.3 is 0 Å². The number of amides is 2. The molecule has 1 aliphatic heterocycles. The van der Waals surface area contributed by atoms with Crippen molar-refractivity contribution < 1.29 is 23.1 Å². The van der Waals surface area contributed by atoms with E-state index in [1.165, 1.54) is 36.7 Å². The highest BCUT2D eigenvalue weighted by Crippen LogP contribution is 2.24. The molecule has 1 saturated heterocycles. The molecule has 4 aromatic rings. The number of piperazine rings is 1. The van der Waals surface area contributed by atoms with E-state index in [-0.39, 0.29) is 10.8 Å². The number of hydrogen-bond acceptors (Lipinski definition) is 10. The number of hydrogen-bond donors (Lipinski definition) is 3. The molecule has 0 unspecified atom stereocenters. The fraction of sp³-hybridized carbons (Fsp3) is 0.179. The quantitative estimate of drug-likeness (QED) is 0.156. The largest absolute Gasteiger partial charge is 0.400 e. The number of hydrazine groups is 1. The van der Waals surface area contributed by atoms with Gasteiger partial charge in [-0.05, 0) is 54.6 Å². The van der Waals surface area contributed by atoms with Crippen molar-refractivity contribution >= 4 is 39.7 Å². The third-order valence-corrected chi connectivity index (χ3v) is 8.01. The first-order chi connectivity index (χ1) is 20.3. The Balaban J connectivity index is 0.00000198. The summed E-state index contributed by atoms with van der Waals surface area (Å²) in [6.07, 6.45) is 5.32. The number of benzene rings is 2. The molecule has 1 aliphatic rings. The van der Waals surface area contributed by atoms with E-state index in [1.807, 2.05) is 0 Å². The molecule has 42 heavy (non-hydrogen) atoms. The molecule has 2 aromatic heterocycles. The van der Waals surface area contributed by atoms with Gasteiger partial charge in [-0.15, -0.1) is 0 Å². The number of sulfonamides is 1. The second kappa shape index (κ2) is 13.6. The van der Waals surface area contributed by atoms with Gasteiger partial charge in [-0.25, -0.2) is 20.2 Å². The average molecular weight is 591 g/mol. The summed E-state index contributed by atoms with van der Waals surface area (Å²) in [7, 11) is -2.97. The molecule has 0 bridgehead atoms. The van der Waals surface area contributed by atoms with E-state index in [2.05, 4.69) is 20.3 Å². The van der Waals surface area contributed by atoms with E-state index in [1.54, 1.807) is 58.5 Å². The lowest BCUT2D eigenvalue weighted by atomic mass is 10.1. The number of aliphatic hydroxyl groups is 1. The van der Waals surface area contributed by atoms with Gasteiger partial charge in [0.2, 0.25) is 12.4 Å². The van der Waals surface area contributed by atoms with Crippen LogP contribution in [0.25, 0.3) is 11.3 Å². The molecule has 13 nitrogen and oxygen atoms in total. The van der Waals surface area contributed by atoms with Gasteiger partial charge in [0.05, 0.1) is 16.3 Å². The Labute approximate surface area is 243 Å². The van der Waals surface area contributed by atoms with Crippen LogP contribution in [-0.4, -0.2) is 83.9 Å². The molecular formula is C28H30N8O5S. The summed E-state index contributed by atoms with van der Waals surface area (Å²) < 4.78 is 26.6. The molecule has 218 valence electrons. The van der Waals surface area contributed by atoms with Crippen LogP contribution in [0.4, 0.5) is 17.3 Å². The molecular weight excluding hydrogens is 560 g/mol. The average Bonchev–Trinajstić information content (AvgIpc) is 3.06. The third kappa shape index (κ3) is 6.86. The van der Waals surface area contributed by atoms with Gasteiger partial charge < -0.3 is 20.2 Å². The van der Waals surface area contributed by atoms with Gasteiger partial charge in [-0.3, -0.25) is 14.6 Å². The van der Waals surface area contributed by atoms with Crippen LogP contribution in [0, 0.1) is 0 Å². The Bertz CT molecular complexity index is 1600. The van der Waals surface area contributed by atoms with Crippen LogP contribution in [0.5, 0.6) is 0 Å². The van der Waals surface area contributed by atoms with E-state index in [0.29, 0.717) is 64.7 Å². The predicted molar refractivity (Wildman–Crippen MR) is 157 cm³/mol. The molecule has 0 radical (unpaired) electrons. The summed E-state index contributed by atoms with van der Waals surface area (Å²) >= 11 is 0. The SMILES string of the molecule is CO.NN(c1ccncc1)S(=O)(=O)c1ccc(-c2ccnc(Nc3ccc(C(=O)N4CCN(C=O)CC4)cc3)n2)cc1. The molecule has 0 saturated carbocycles. The van der Waals surface area contributed by atoms with E-state index in [0.717, 1.165) is 13.5 Å². The first kappa shape index (κ1) is 30.0. The molecule has 5 rings (SSSR count). The maximum absolute atomic E-state index is 12.9. The standard InChI is InChI=1S/C27H26N8O4S.CH4O/c28-35(23-9-12-29-13-10-23)40(38,39)24-7-3-20(4-8-24)25-11-14-30-27(32-25)31-22-5-1-21(2-6-22)26(37)34-17-15-33(19-36)16-18-34;1-2/h1-14,19H,15-18,28H2,(H,30,31,32);2H,1H3. The van der Waals surface area contributed by atoms with Crippen LogP contribution >= 0.6 is 0 Å². The highest BCUT2D eigenvalue weighted by Gasteiger charge is 2.23. The zero-order valence-electron chi connectivity index (χ0n) is 22.7. The Hall–Kier alpha value is -4.92. The number of nitrogens with zero attached hydrogens (tertiary/aromatic N) is 6. The summed E-state index contributed by atoms with van der Waals surface area (Å²) in [5.74, 6) is 6.13. The zero-order valence-corrected chi connectivity index (χ0v) is 23.6. The summed E-state index contributed by atoms with van der Waals surface area (Å²) in [5.41, 5.74) is 2.81. The minimum absolute atomic E-state index is 0.0308. The topological polar surface area (TPSA) is 175 Å². The highest BCUT2D eigenvalue weighted by atomic mass is 32.2. The van der Waals surface area contributed by atoms with Crippen LogP contribution in [0.2, 0.25) is 0 Å². The maximum Gasteiger partial charge on any atom is 0.277 e. The number of nitrogens with two attached hydrogens (primary N) is 1. The van der Waals surface area contributed by atoms with Crippen LogP contribution in [0.3, 0.4) is 0 Å². The Morgan fingerprint density at radius 1 is 0.929 bits per heavy atom. The zero-order chi connectivity index (χ0) is 30.1. The van der Waals surface area contributed by atoms with Gasteiger partial charge in [0.15, 0.2) is 0 Å². The van der Waals surface area contributed by atoms with Gasteiger partial charge in [0, 0.05) is 68.7 Å². The van der Waals surface area contributed by atoms with E-state index in [4.69, 9.17) is 10.9 Å². The molecule has 2 amide bonds. The van der Waals surface area contributed by atoms with Crippen LogP contribution in [0.1, 0.15) is 10.4 Å². The number of rotatable bonds is 8. The van der Waals surface area contributed by atoms with Crippen molar-refractivity contribution in [2.45, 2.75) is 4.90 Å². The minimum Gasteiger partial charge on any atom is -0.400 e.